The van der Waals surface area contributed by atoms with Crippen LogP contribution in [0.15, 0.2) is 66.9 Å². The van der Waals surface area contributed by atoms with E-state index >= 15 is 0 Å². The van der Waals surface area contributed by atoms with E-state index in [1.54, 1.807) is 12.1 Å². The molecule has 3 aromatic rings. The molecule has 0 spiro atoms. The lowest BCUT2D eigenvalue weighted by Gasteiger charge is -2.16. The monoisotopic (exact) mass is 422 g/mol. The summed E-state index contributed by atoms with van der Waals surface area (Å²) in [6.07, 6.45) is 1.51. The maximum absolute atomic E-state index is 12.4. The molecule has 0 aliphatic carbocycles. The summed E-state index contributed by atoms with van der Waals surface area (Å²) in [6.45, 7) is 3.33. The number of pyridine rings is 1. The Hall–Kier alpha value is -2.73. The molecule has 0 fully saturated rings. The molecule has 3 rings (SSSR count). The van der Waals surface area contributed by atoms with E-state index in [0.29, 0.717) is 17.4 Å². The summed E-state index contributed by atoms with van der Waals surface area (Å²) in [5.41, 5.74) is 4.74. The van der Waals surface area contributed by atoms with Crippen LogP contribution < -0.4 is 10.6 Å². The highest BCUT2D eigenvalue weighted by Gasteiger charge is 2.14. The number of rotatable bonds is 8. The highest BCUT2D eigenvalue weighted by atomic mass is 35.5. The zero-order chi connectivity index (χ0) is 21.5. The van der Waals surface area contributed by atoms with Gasteiger partial charge in [-0.05, 0) is 55.4 Å². The molecule has 156 valence electrons. The molecule has 2 N–H and O–H groups in total. The molecule has 0 saturated carbocycles. The van der Waals surface area contributed by atoms with Gasteiger partial charge in [0.2, 0.25) is 5.91 Å². The quantitative estimate of drug-likeness (QED) is 0.557. The first-order valence-corrected chi connectivity index (χ1v) is 10.3. The number of hydrogen-bond acceptors (Lipinski definition) is 4. The van der Waals surface area contributed by atoms with E-state index < -0.39 is 0 Å². The molecule has 30 heavy (non-hydrogen) atoms. The summed E-state index contributed by atoms with van der Waals surface area (Å²) in [5, 5.41) is 6.64. The molecule has 2 aromatic carbocycles. The fourth-order valence-corrected chi connectivity index (χ4v) is 3.26. The Kier molecular flexibility index (Phi) is 7.57. The fraction of sp³-hybridized carbons (Fsp3) is 0.250. The Morgan fingerprint density at radius 2 is 1.80 bits per heavy atom. The van der Waals surface area contributed by atoms with Gasteiger partial charge in [-0.15, -0.1) is 0 Å². The lowest BCUT2D eigenvalue weighted by atomic mass is 9.98. The SMILES string of the molecule is CC(NCc1ccccc1-c1ccc(CN(C)C)cc1)C(=O)Nc1ccc(Cl)cn1. The first-order valence-electron chi connectivity index (χ1n) is 9.90. The molecule has 1 amide bonds. The summed E-state index contributed by atoms with van der Waals surface area (Å²) in [5.74, 6) is 0.339. The third-order valence-electron chi connectivity index (χ3n) is 4.75. The number of anilines is 1. The Labute approximate surface area is 183 Å². The molecule has 1 atom stereocenters. The fourth-order valence-electron chi connectivity index (χ4n) is 3.15. The zero-order valence-corrected chi connectivity index (χ0v) is 18.3. The standard InChI is InChI=1S/C24H27ClN4O/c1-17(24(30)28-23-13-12-21(25)15-27-23)26-14-20-6-4-5-7-22(20)19-10-8-18(9-11-19)16-29(2)3/h4-13,15,17,26H,14,16H2,1-3H3,(H,27,28,30). The van der Waals surface area contributed by atoms with Crippen molar-refractivity contribution in [2.75, 3.05) is 19.4 Å². The number of nitrogens with one attached hydrogen (secondary N) is 2. The largest absolute Gasteiger partial charge is 0.309 e. The summed E-state index contributed by atoms with van der Waals surface area (Å²) < 4.78 is 0. The average molecular weight is 423 g/mol. The number of nitrogens with zero attached hydrogens (tertiary/aromatic N) is 2. The first-order chi connectivity index (χ1) is 14.4. The molecule has 0 bridgehead atoms. The van der Waals surface area contributed by atoms with Gasteiger partial charge < -0.3 is 15.5 Å². The number of amides is 1. The van der Waals surface area contributed by atoms with Crippen LogP contribution in [0.3, 0.4) is 0 Å². The van der Waals surface area contributed by atoms with Crippen molar-refractivity contribution in [3.8, 4) is 11.1 Å². The number of halogens is 1. The summed E-state index contributed by atoms with van der Waals surface area (Å²) in [4.78, 5) is 18.7. The molecular formula is C24H27ClN4O. The van der Waals surface area contributed by atoms with Crippen molar-refractivity contribution in [1.29, 1.82) is 0 Å². The molecule has 1 aromatic heterocycles. The average Bonchev–Trinajstić information content (AvgIpc) is 2.74. The van der Waals surface area contributed by atoms with Gasteiger partial charge in [0.25, 0.3) is 0 Å². The van der Waals surface area contributed by atoms with Gasteiger partial charge in [-0.25, -0.2) is 4.98 Å². The number of carbonyl (C=O) groups excluding carboxylic acids is 1. The van der Waals surface area contributed by atoms with Gasteiger partial charge in [-0.2, -0.15) is 0 Å². The topological polar surface area (TPSA) is 57.3 Å². The minimum Gasteiger partial charge on any atom is -0.309 e. The second-order valence-electron chi connectivity index (χ2n) is 7.55. The van der Waals surface area contributed by atoms with Crippen LogP contribution in [0.1, 0.15) is 18.1 Å². The number of hydrogen-bond donors (Lipinski definition) is 2. The summed E-state index contributed by atoms with van der Waals surface area (Å²) in [6, 6.07) is 19.9. The summed E-state index contributed by atoms with van der Waals surface area (Å²) in [7, 11) is 4.13. The lowest BCUT2D eigenvalue weighted by molar-refractivity contribution is -0.117. The highest BCUT2D eigenvalue weighted by Crippen LogP contribution is 2.24. The maximum Gasteiger partial charge on any atom is 0.242 e. The smallest absolute Gasteiger partial charge is 0.242 e. The second-order valence-corrected chi connectivity index (χ2v) is 7.98. The van der Waals surface area contributed by atoms with Crippen LogP contribution in [-0.2, 0) is 17.9 Å². The van der Waals surface area contributed by atoms with Crippen LogP contribution in [-0.4, -0.2) is 35.9 Å². The van der Waals surface area contributed by atoms with E-state index in [1.807, 2.05) is 19.1 Å². The lowest BCUT2D eigenvalue weighted by Crippen LogP contribution is -2.37. The van der Waals surface area contributed by atoms with E-state index in [0.717, 1.165) is 23.2 Å². The van der Waals surface area contributed by atoms with E-state index in [1.165, 1.54) is 11.8 Å². The molecule has 1 unspecified atom stereocenters. The highest BCUT2D eigenvalue weighted by molar-refractivity contribution is 6.30. The van der Waals surface area contributed by atoms with Crippen LogP contribution in [0.25, 0.3) is 11.1 Å². The van der Waals surface area contributed by atoms with Crippen molar-refractivity contribution in [3.63, 3.8) is 0 Å². The second kappa shape index (κ2) is 10.3. The Bertz CT molecular complexity index is 971. The van der Waals surface area contributed by atoms with Gasteiger partial charge in [-0.3, -0.25) is 4.79 Å². The van der Waals surface area contributed by atoms with Crippen LogP contribution in [0.5, 0.6) is 0 Å². The van der Waals surface area contributed by atoms with Crippen molar-refractivity contribution in [1.82, 2.24) is 15.2 Å². The van der Waals surface area contributed by atoms with Crippen LogP contribution >= 0.6 is 11.6 Å². The Balaban J connectivity index is 1.64. The maximum atomic E-state index is 12.4. The minimum atomic E-state index is -0.377. The summed E-state index contributed by atoms with van der Waals surface area (Å²) >= 11 is 5.83. The van der Waals surface area contributed by atoms with Crippen LogP contribution in [0.2, 0.25) is 5.02 Å². The van der Waals surface area contributed by atoms with E-state index in [2.05, 4.69) is 71.0 Å². The van der Waals surface area contributed by atoms with E-state index in [9.17, 15) is 4.79 Å². The van der Waals surface area contributed by atoms with E-state index in [4.69, 9.17) is 11.6 Å². The Morgan fingerprint density at radius 3 is 2.47 bits per heavy atom. The number of benzene rings is 2. The normalized spacial score (nSPS) is 12.0. The van der Waals surface area contributed by atoms with Gasteiger partial charge in [0.1, 0.15) is 5.82 Å². The zero-order valence-electron chi connectivity index (χ0n) is 17.5. The predicted octanol–water partition coefficient (Wildman–Crippen LogP) is 4.58. The Morgan fingerprint density at radius 1 is 1.07 bits per heavy atom. The predicted molar refractivity (Wildman–Crippen MR) is 123 cm³/mol. The van der Waals surface area contributed by atoms with E-state index in [-0.39, 0.29) is 11.9 Å². The van der Waals surface area contributed by atoms with Crippen molar-refractivity contribution >= 4 is 23.3 Å². The molecule has 5 nitrogen and oxygen atoms in total. The van der Waals surface area contributed by atoms with Crippen molar-refractivity contribution in [3.05, 3.63) is 83.0 Å². The molecule has 1 heterocycles. The van der Waals surface area contributed by atoms with Gasteiger partial charge in [0.15, 0.2) is 0 Å². The van der Waals surface area contributed by atoms with Crippen molar-refractivity contribution in [2.45, 2.75) is 26.1 Å². The van der Waals surface area contributed by atoms with Gasteiger partial charge in [0.05, 0.1) is 11.1 Å². The molecule has 0 aliphatic heterocycles. The minimum absolute atomic E-state index is 0.143. The molecule has 0 aliphatic rings. The third kappa shape index (κ3) is 6.13. The van der Waals surface area contributed by atoms with Crippen LogP contribution in [0.4, 0.5) is 5.82 Å². The third-order valence-corrected chi connectivity index (χ3v) is 4.98. The van der Waals surface area contributed by atoms with Crippen molar-refractivity contribution in [2.24, 2.45) is 0 Å². The van der Waals surface area contributed by atoms with Gasteiger partial charge in [0, 0.05) is 19.3 Å². The first kappa shape index (κ1) is 22.0. The number of carbonyl (C=O) groups is 1. The van der Waals surface area contributed by atoms with Crippen LogP contribution in [0, 0.1) is 0 Å². The van der Waals surface area contributed by atoms with Gasteiger partial charge in [-0.1, -0.05) is 60.1 Å². The molecule has 0 radical (unpaired) electrons. The van der Waals surface area contributed by atoms with Gasteiger partial charge >= 0.3 is 0 Å². The molecule has 6 heteroatoms. The number of aromatic nitrogens is 1. The molecular weight excluding hydrogens is 396 g/mol. The van der Waals surface area contributed by atoms with Crippen molar-refractivity contribution < 1.29 is 4.79 Å². The molecule has 0 saturated heterocycles.